The maximum Gasteiger partial charge on any atom is 0.341 e. The van der Waals surface area contributed by atoms with E-state index in [-0.39, 0.29) is 12.3 Å². The van der Waals surface area contributed by atoms with Crippen molar-refractivity contribution in [3.63, 3.8) is 0 Å². The Hall–Kier alpha value is -1.40. The number of amides is 1. The molecular formula is C12H17NO4S. The van der Waals surface area contributed by atoms with Crippen molar-refractivity contribution in [2.75, 3.05) is 25.6 Å². The zero-order valence-corrected chi connectivity index (χ0v) is 11.6. The molecule has 5 nitrogen and oxygen atoms in total. The summed E-state index contributed by atoms with van der Waals surface area (Å²) in [5.74, 6) is -0.590. The van der Waals surface area contributed by atoms with E-state index in [0.29, 0.717) is 23.8 Å². The van der Waals surface area contributed by atoms with Crippen LogP contribution in [0.15, 0.2) is 6.07 Å². The number of ether oxygens (including phenoxy) is 2. The lowest BCUT2D eigenvalue weighted by molar-refractivity contribution is -0.117. The first-order valence-corrected chi connectivity index (χ1v) is 6.46. The van der Waals surface area contributed by atoms with Gasteiger partial charge in [-0.1, -0.05) is 0 Å². The number of thiophene rings is 1. The number of nitrogens with one attached hydrogen (secondary N) is 1. The van der Waals surface area contributed by atoms with Crippen molar-refractivity contribution in [2.24, 2.45) is 0 Å². The summed E-state index contributed by atoms with van der Waals surface area (Å²) in [6.45, 7) is 4.28. The maximum absolute atomic E-state index is 11.7. The Morgan fingerprint density at radius 2 is 2.17 bits per heavy atom. The van der Waals surface area contributed by atoms with Crippen molar-refractivity contribution in [3.05, 3.63) is 16.5 Å². The molecule has 1 amide bonds. The largest absolute Gasteiger partial charge is 0.462 e. The van der Waals surface area contributed by atoms with Gasteiger partial charge in [0.05, 0.1) is 25.2 Å². The molecule has 0 spiro atoms. The fourth-order valence-corrected chi connectivity index (χ4v) is 2.27. The molecule has 0 saturated carbocycles. The van der Waals surface area contributed by atoms with Crippen LogP contribution in [0.3, 0.4) is 0 Å². The topological polar surface area (TPSA) is 64.6 Å². The monoisotopic (exact) mass is 271 g/mol. The molecule has 0 aromatic carbocycles. The van der Waals surface area contributed by atoms with Crippen LogP contribution in [0.1, 0.15) is 28.6 Å². The van der Waals surface area contributed by atoms with Crippen molar-refractivity contribution < 1.29 is 19.1 Å². The van der Waals surface area contributed by atoms with Gasteiger partial charge in [-0.25, -0.2) is 4.79 Å². The Balaban J connectivity index is 2.75. The molecule has 0 radical (unpaired) electrons. The summed E-state index contributed by atoms with van der Waals surface area (Å²) in [6, 6.07) is 1.72. The van der Waals surface area contributed by atoms with Gasteiger partial charge in [0.25, 0.3) is 0 Å². The average Bonchev–Trinajstić information content (AvgIpc) is 2.68. The summed E-state index contributed by atoms with van der Waals surface area (Å²) in [7, 11) is 1.53. The van der Waals surface area contributed by atoms with Crippen LogP contribution < -0.4 is 5.32 Å². The number of aryl methyl sites for hydroxylation is 1. The summed E-state index contributed by atoms with van der Waals surface area (Å²) >= 11 is 1.36. The van der Waals surface area contributed by atoms with Crippen molar-refractivity contribution in [2.45, 2.75) is 20.3 Å². The minimum atomic E-state index is -0.413. The summed E-state index contributed by atoms with van der Waals surface area (Å²) in [6.07, 6.45) is 0.260. The molecule has 1 aromatic rings. The summed E-state index contributed by atoms with van der Waals surface area (Å²) in [5, 5.41) is 3.24. The van der Waals surface area contributed by atoms with Gasteiger partial charge in [0.2, 0.25) is 5.91 Å². The lowest BCUT2D eigenvalue weighted by Gasteiger charge is -2.05. The molecule has 18 heavy (non-hydrogen) atoms. The lowest BCUT2D eigenvalue weighted by atomic mass is 10.3. The fraction of sp³-hybridized carbons (Fsp3) is 0.500. The molecule has 0 aliphatic heterocycles. The number of hydrogen-bond donors (Lipinski definition) is 1. The Morgan fingerprint density at radius 1 is 1.44 bits per heavy atom. The van der Waals surface area contributed by atoms with E-state index >= 15 is 0 Å². The van der Waals surface area contributed by atoms with Crippen molar-refractivity contribution >= 4 is 28.2 Å². The number of methoxy groups -OCH3 is 1. The first-order valence-electron chi connectivity index (χ1n) is 5.64. The van der Waals surface area contributed by atoms with E-state index in [0.717, 1.165) is 4.88 Å². The van der Waals surface area contributed by atoms with E-state index < -0.39 is 5.97 Å². The van der Waals surface area contributed by atoms with Crippen LogP contribution in [-0.4, -0.2) is 32.2 Å². The van der Waals surface area contributed by atoms with Crippen LogP contribution in [-0.2, 0) is 14.3 Å². The van der Waals surface area contributed by atoms with Gasteiger partial charge in [-0.05, 0) is 19.9 Å². The van der Waals surface area contributed by atoms with E-state index in [1.54, 1.807) is 13.0 Å². The SMILES string of the molecule is CCOC(=O)c1cc(C)sc1NC(=O)CCOC. The Labute approximate surface area is 110 Å². The highest BCUT2D eigenvalue weighted by Gasteiger charge is 2.17. The molecular weight excluding hydrogens is 254 g/mol. The molecule has 0 fully saturated rings. The van der Waals surface area contributed by atoms with Crippen molar-refractivity contribution in [1.82, 2.24) is 0 Å². The molecule has 1 N–H and O–H groups in total. The van der Waals surface area contributed by atoms with E-state index in [1.165, 1.54) is 18.4 Å². The molecule has 0 unspecified atom stereocenters. The van der Waals surface area contributed by atoms with Gasteiger partial charge in [0, 0.05) is 12.0 Å². The Bertz CT molecular complexity index is 428. The Kier molecular flexibility index (Phi) is 5.80. The molecule has 1 heterocycles. The number of esters is 1. The van der Waals surface area contributed by atoms with E-state index in [1.807, 2.05) is 6.92 Å². The average molecular weight is 271 g/mol. The van der Waals surface area contributed by atoms with Crippen LogP contribution in [0, 0.1) is 6.92 Å². The van der Waals surface area contributed by atoms with Crippen LogP contribution in [0.25, 0.3) is 0 Å². The third-order valence-corrected chi connectivity index (χ3v) is 3.10. The van der Waals surface area contributed by atoms with Crippen LogP contribution in [0.2, 0.25) is 0 Å². The number of anilines is 1. The highest BCUT2D eigenvalue weighted by atomic mass is 32.1. The van der Waals surface area contributed by atoms with E-state index in [4.69, 9.17) is 9.47 Å². The lowest BCUT2D eigenvalue weighted by Crippen LogP contribution is -2.15. The summed E-state index contributed by atoms with van der Waals surface area (Å²) in [5.41, 5.74) is 0.408. The van der Waals surface area contributed by atoms with Gasteiger partial charge in [-0.2, -0.15) is 0 Å². The molecule has 0 aliphatic rings. The quantitative estimate of drug-likeness (QED) is 0.806. The van der Waals surface area contributed by atoms with E-state index in [9.17, 15) is 9.59 Å². The molecule has 1 rings (SSSR count). The van der Waals surface area contributed by atoms with Gasteiger partial charge < -0.3 is 14.8 Å². The maximum atomic E-state index is 11.7. The smallest absolute Gasteiger partial charge is 0.341 e. The van der Waals surface area contributed by atoms with Crippen molar-refractivity contribution in [3.8, 4) is 0 Å². The van der Waals surface area contributed by atoms with Gasteiger partial charge >= 0.3 is 5.97 Å². The van der Waals surface area contributed by atoms with Crippen molar-refractivity contribution in [1.29, 1.82) is 0 Å². The number of rotatable bonds is 6. The van der Waals surface area contributed by atoms with Crippen LogP contribution >= 0.6 is 11.3 Å². The van der Waals surface area contributed by atoms with Gasteiger partial charge in [0.1, 0.15) is 5.00 Å². The molecule has 100 valence electrons. The van der Waals surface area contributed by atoms with Gasteiger partial charge in [0.15, 0.2) is 0 Å². The number of hydrogen-bond acceptors (Lipinski definition) is 5. The predicted molar refractivity (Wildman–Crippen MR) is 70.1 cm³/mol. The molecule has 0 bridgehead atoms. The number of carbonyl (C=O) groups excluding carboxylic acids is 2. The minimum absolute atomic E-state index is 0.177. The minimum Gasteiger partial charge on any atom is -0.462 e. The number of carbonyl (C=O) groups is 2. The molecule has 1 aromatic heterocycles. The van der Waals surface area contributed by atoms with Crippen LogP contribution in [0.5, 0.6) is 0 Å². The Morgan fingerprint density at radius 3 is 2.78 bits per heavy atom. The standard InChI is InChI=1S/C12H17NO4S/c1-4-17-12(15)9-7-8(2)18-11(9)13-10(14)5-6-16-3/h7H,4-6H2,1-3H3,(H,13,14). The van der Waals surface area contributed by atoms with Gasteiger partial charge in [-0.3, -0.25) is 4.79 Å². The highest BCUT2D eigenvalue weighted by molar-refractivity contribution is 7.16. The highest BCUT2D eigenvalue weighted by Crippen LogP contribution is 2.28. The first-order chi connectivity index (χ1) is 8.58. The molecule has 0 aliphatic carbocycles. The zero-order chi connectivity index (χ0) is 13.5. The molecule has 6 heteroatoms. The second kappa shape index (κ2) is 7.13. The second-order valence-corrected chi connectivity index (χ2v) is 4.87. The zero-order valence-electron chi connectivity index (χ0n) is 10.7. The predicted octanol–water partition coefficient (Wildman–Crippen LogP) is 2.21. The third kappa shape index (κ3) is 4.12. The second-order valence-electron chi connectivity index (χ2n) is 3.61. The fourth-order valence-electron chi connectivity index (χ4n) is 1.35. The summed E-state index contributed by atoms with van der Waals surface area (Å²) < 4.78 is 9.76. The molecule has 0 saturated heterocycles. The van der Waals surface area contributed by atoms with Gasteiger partial charge in [-0.15, -0.1) is 11.3 Å². The summed E-state index contributed by atoms with van der Waals surface area (Å²) in [4.78, 5) is 24.2. The first kappa shape index (κ1) is 14.7. The van der Waals surface area contributed by atoms with E-state index in [2.05, 4.69) is 5.32 Å². The van der Waals surface area contributed by atoms with Crippen LogP contribution in [0.4, 0.5) is 5.00 Å². The third-order valence-electron chi connectivity index (χ3n) is 2.14. The normalized spacial score (nSPS) is 10.2. The molecule has 0 atom stereocenters.